The zero-order valence-corrected chi connectivity index (χ0v) is 15.5. The van der Waals surface area contributed by atoms with E-state index in [0.717, 1.165) is 15.7 Å². The fraction of sp³-hybridized carbons (Fsp3) is 0.105. The van der Waals surface area contributed by atoms with Gasteiger partial charge in [0.15, 0.2) is 0 Å². The van der Waals surface area contributed by atoms with Gasteiger partial charge in [-0.05, 0) is 55.3 Å². The van der Waals surface area contributed by atoms with E-state index in [9.17, 15) is 4.79 Å². The van der Waals surface area contributed by atoms with Gasteiger partial charge in [0.25, 0.3) is 5.91 Å². The molecule has 1 heterocycles. The van der Waals surface area contributed by atoms with Crippen LogP contribution in [0.15, 0.2) is 59.2 Å². The maximum absolute atomic E-state index is 12.4. The Morgan fingerprint density at radius 3 is 2.68 bits per heavy atom. The SMILES string of the molecule is Cc1cccc(Nc2nccc(C(=O)Nc3cccc(Br)c3)n2)c1C. The lowest BCUT2D eigenvalue weighted by Gasteiger charge is -2.11. The lowest BCUT2D eigenvalue weighted by Crippen LogP contribution is -2.14. The minimum Gasteiger partial charge on any atom is -0.324 e. The third-order valence-electron chi connectivity index (χ3n) is 3.82. The average Bonchev–Trinajstić information content (AvgIpc) is 2.59. The van der Waals surface area contributed by atoms with E-state index in [4.69, 9.17) is 0 Å². The fourth-order valence-corrected chi connectivity index (χ4v) is 2.71. The maximum Gasteiger partial charge on any atom is 0.274 e. The Bertz CT molecular complexity index is 927. The molecule has 0 spiro atoms. The molecule has 0 atom stereocenters. The lowest BCUT2D eigenvalue weighted by molar-refractivity contribution is 0.102. The minimum absolute atomic E-state index is 0.287. The first kappa shape index (κ1) is 17.1. The van der Waals surface area contributed by atoms with E-state index in [-0.39, 0.29) is 5.91 Å². The van der Waals surface area contributed by atoms with E-state index >= 15 is 0 Å². The van der Waals surface area contributed by atoms with Gasteiger partial charge in [0.2, 0.25) is 5.95 Å². The Labute approximate surface area is 154 Å². The van der Waals surface area contributed by atoms with Crippen LogP contribution in [0.25, 0.3) is 0 Å². The number of nitrogens with zero attached hydrogens (tertiary/aromatic N) is 2. The Hall–Kier alpha value is -2.73. The molecule has 0 saturated heterocycles. The van der Waals surface area contributed by atoms with Crippen molar-refractivity contribution in [2.45, 2.75) is 13.8 Å². The molecule has 0 aliphatic heterocycles. The molecular formula is C19H17BrN4O. The summed E-state index contributed by atoms with van der Waals surface area (Å²) in [5, 5.41) is 6.00. The molecule has 3 rings (SSSR count). The Kier molecular flexibility index (Phi) is 5.09. The van der Waals surface area contributed by atoms with Crippen LogP contribution in [0, 0.1) is 13.8 Å². The van der Waals surface area contributed by atoms with Crippen molar-refractivity contribution in [1.29, 1.82) is 0 Å². The molecular weight excluding hydrogens is 380 g/mol. The normalized spacial score (nSPS) is 10.4. The predicted molar refractivity (Wildman–Crippen MR) is 103 cm³/mol. The van der Waals surface area contributed by atoms with Crippen LogP contribution < -0.4 is 10.6 Å². The molecule has 1 aromatic heterocycles. The molecule has 3 aromatic rings. The van der Waals surface area contributed by atoms with Crippen molar-refractivity contribution in [3.63, 3.8) is 0 Å². The van der Waals surface area contributed by atoms with Gasteiger partial charge in [-0.3, -0.25) is 4.79 Å². The Balaban J connectivity index is 1.79. The number of carbonyl (C=O) groups excluding carboxylic acids is 1. The number of aromatic nitrogens is 2. The van der Waals surface area contributed by atoms with Gasteiger partial charge < -0.3 is 10.6 Å². The van der Waals surface area contributed by atoms with Crippen LogP contribution >= 0.6 is 15.9 Å². The Morgan fingerprint density at radius 1 is 1.08 bits per heavy atom. The monoisotopic (exact) mass is 396 g/mol. The molecule has 0 radical (unpaired) electrons. The van der Waals surface area contributed by atoms with E-state index in [1.54, 1.807) is 12.3 Å². The number of anilines is 3. The predicted octanol–water partition coefficient (Wildman–Crippen LogP) is 4.85. The standard InChI is InChI=1S/C19H17BrN4O/c1-12-5-3-8-16(13(12)2)23-19-21-10-9-17(24-19)18(25)22-15-7-4-6-14(20)11-15/h3-11H,1-2H3,(H,22,25)(H,21,23,24). The first-order valence-electron chi connectivity index (χ1n) is 7.76. The van der Waals surface area contributed by atoms with Crippen molar-refractivity contribution in [1.82, 2.24) is 9.97 Å². The first-order valence-corrected chi connectivity index (χ1v) is 8.55. The highest BCUT2D eigenvalue weighted by Gasteiger charge is 2.10. The van der Waals surface area contributed by atoms with Crippen LogP contribution in [-0.4, -0.2) is 15.9 Å². The highest BCUT2D eigenvalue weighted by Crippen LogP contribution is 2.21. The molecule has 6 heteroatoms. The third-order valence-corrected chi connectivity index (χ3v) is 4.32. The molecule has 0 aliphatic carbocycles. The topological polar surface area (TPSA) is 66.9 Å². The number of nitrogens with one attached hydrogen (secondary N) is 2. The van der Waals surface area contributed by atoms with Crippen LogP contribution in [0.3, 0.4) is 0 Å². The van der Waals surface area contributed by atoms with Crippen molar-refractivity contribution in [2.75, 3.05) is 10.6 Å². The molecule has 2 aromatic carbocycles. The summed E-state index contributed by atoms with van der Waals surface area (Å²) in [5.74, 6) is 0.0973. The van der Waals surface area contributed by atoms with Gasteiger partial charge in [-0.25, -0.2) is 9.97 Å². The molecule has 0 unspecified atom stereocenters. The van der Waals surface area contributed by atoms with Crippen LogP contribution in [-0.2, 0) is 0 Å². The van der Waals surface area contributed by atoms with E-state index < -0.39 is 0 Å². The number of hydrogen-bond donors (Lipinski definition) is 2. The quantitative estimate of drug-likeness (QED) is 0.661. The van der Waals surface area contributed by atoms with Gasteiger partial charge in [-0.1, -0.05) is 34.1 Å². The average molecular weight is 397 g/mol. The summed E-state index contributed by atoms with van der Waals surface area (Å²) in [6.07, 6.45) is 1.57. The molecule has 0 aliphatic rings. The smallest absolute Gasteiger partial charge is 0.274 e. The summed E-state index contributed by atoms with van der Waals surface area (Å²) in [7, 11) is 0. The molecule has 2 N–H and O–H groups in total. The second-order valence-corrected chi connectivity index (χ2v) is 6.52. The number of hydrogen-bond acceptors (Lipinski definition) is 4. The largest absolute Gasteiger partial charge is 0.324 e. The Morgan fingerprint density at radius 2 is 1.88 bits per heavy atom. The van der Waals surface area contributed by atoms with Crippen LogP contribution in [0.4, 0.5) is 17.3 Å². The minimum atomic E-state index is -0.287. The number of rotatable bonds is 4. The summed E-state index contributed by atoms with van der Waals surface area (Å²) < 4.78 is 0.894. The van der Waals surface area contributed by atoms with Crippen molar-refractivity contribution >= 4 is 39.2 Å². The zero-order chi connectivity index (χ0) is 17.8. The van der Waals surface area contributed by atoms with Gasteiger partial charge in [0.05, 0.1) is 0 Å². The molecule has 5 nitrogen and oxygen atoms in total. The fourth-order valence-electron chi connectivity index (χ4n) is 2.31. The number of aryl methyl sites for hydroxylation is 1. The third kappa shape index (κ3) is 4.22. The number of amides is 1. The molecule has 25 heavy (non-hydrogen) atoms. The van der Waals surface area contributed by atoms with Crippen LogP contribution in [0.2, 0.25) is 0 Å². The van der Waals surface area contributed by atoms with Gasteiger partial charge in [-0.2, -0.15) is 0 Å². The van der Waals surface area contributed by atoms with Crippen molar-refractivity contribution in [2.24, 2.45) is 0 Å². The highest BCUT2D eigenvalue weighted by atomic mass is 79.9. The van der Waals surface area contributed by atoms with E-state index in [2.05, 4.69) is 36.5 Å². The van der Waals surface area contributed by atoms with Crippen molar-refractivity contribution < 1.29 is 4.79 Å². The van der Waals surface area contributed by atoms with Gasteiger partial charge >= 0.3 is 0 Å². The van der Waals surface area contributed by atoms with Gasteiger partial charge in [0, 0.05) is 22.0 Å². The van der Waals surface area contributed by atoms with Crippen molar-refractivity contribution in [3.8, 4) is 0 Å². The number of halogens is 1. The van der Waals surface area contributed by atoms with Crippen LogP contribution in [0.5, 0.6) is 0 Å². The molecule has 126 valence electrons. The zero-order valence-electron chi connectivity index (χ0n) is 13.9. The summed E-state index contributed by atoms with van der Waals surface area (Å²) in [4.78, 5) is 20.9. The van der Waals surface area contributed by atoms with E-state index in [0.29, 0.717) is 17.3 Å². The van der Waals surface area contributed by atoms with Gasteiger partial charge in [0.1, 0.15) is 5.69 Å². The maximum atomic E-state index is 12.4. The molecule has 0 bridgehead atoms. The first-order chi connectivity index (χ1) is 12.0. The molecule has 0 saturated carbocycles. The number of carbonyl (C=O) groups is 1. The summed E-state index contributed by atoms with van der Waals surface area (Å²) >= 11 is 3.38. The van der Waals surface area contributed by atoms with E-state index in [1.165, 1.54) is 5.56 Å². The summed E-state index contributed by atoms with van der Waals surface area (Å²) in [6.45, 7) is 4.07. The highest BCUT2D eigenvalue weighted by molar-refractivity contribution is 9.10. The molecule has 1 amide bonds. The van der Waals surface area contributed by atoms with E-state index in [1.807, 2.05) is 56.3 Å². The molecule has 0 fully saturated rings. The second kappa shape index (κ2) is 7.44. The number of benzene rings is 2. The van der Waals surface area contributed by atoms with Crippen LogP contribution in [0.1, 0.15) is 21.6 Å². The summed E-state index contributed by atoms with van der Waals surface area (Å²) in [6, 6.07) is 15.0. The van der Waals surface area contributed by atoms with Crippen molar-refractivity contribution in [3.05, 3.63) is 76.0 Å². The lowest BCUT2D eigenvalue weighted by atomic mass is 10.1. The van der Waals surface area contributed by atoms with Gasteiger partial charge in [-0.15, -0.1) is 0 Å². The summed E-state index contributed by atoms with van der Waals surface area (Å²) in [5.41, 5.74) is 4.21. The second-order valence-electron chi connectivity index (χ2n) is 5.60.